The van der Waals surface area contributed by atoms with Crippen LogP contribution in [0.5, 0.6) is 0 Å². The molecule has 1 heterocycles. The molecule has 4 rings (SSSR count). The highest BCUT2D eigenvalue weighted by atomic mass is 16.2. The number of carbonyl (C=O) groups excluding carboxylic acids is 2. The van der Waals surface area contributed by atoms with Gasteiger partial charge in [-0.3, -0.25) is 9.59 Å². The lowest BCUT2D eigenvalue weighted by molar-refractivity contribution is -0.117. The van der Waals surface area contributed by atoms with Crippen LogP contribution >= 0.6 is 0 Å². The maximum atomic E-state index is 13.0. The van der Waals surface area contributed by atoms with Crippen LogP contribution in [0.3, 0.4) is 0 Å². The van der Waals surface area contributed by atoms with Gasteiger partial charge in [0.2, 0.25) is 5.91 Å². The van der Waals surface area contributed by atoms with Gasteiger partial charge >= 0.3 is 0 Å². The number of hydrogen-bond donors (Lipinski definition) is 1. The summed E-state index contributed by atoms with van der Waals surface area (Å²) in [4.78, 5) is 27.0. The van der Waals surface area contributed by atoms with Crippen molar-refractivity contribution in [3.63, 3.8) is 0 Å². The fraction of sp³-hybridized carbons (Fsp3) is 0.364. The largest absolute Gasteiger partial charge is 0.335 e. The molecule has 0 aromatic heterocycles. The predicted octanol–water partition coefficient (Wildman–Crippen LogP) is 3.88. The molecule has 0 spiro atoms. The van der Waals surface area contributed by atoms with E-state index in [1.54, 1.807) is 6.07 Å². The van der Waals surface area contributed by atoms with Crippen molar-refractivity contribution < 1.29 is 9.59 Å². The molecular weight excluding hydrogens is 324 g/mol. The standard InChI is InChI=1S/C22H24N2O2/c25-21(17-11-12-17)23-19-9-4-8-18(15-19)22(26)24-13-5-10-20(24)14-16-6-2-1-3-7-16/h1-4,6-9,15,17,20H,5,10-14H2,(H,23,25). The number of benzene rings is 2. The molecule has 2 aromatic carbocycles. The van der Waals surface area contributed by atoms with Gasteiger partial charge in [-0.25, -0.2) is 0 Å². The minimum absolute atomic E-state index is 0.0611. The molecular formula is C22H24N2O2. The van der Waals surface area contributed by atoms with Crippen LogP contribution in [-0.4, -0.2) is 29.3 Å². The third-order valence-corrected chi connectivity index (χ3v) is 5.28. The Kier molecular flexibility index (Phi) is 4.74. The lowest BCUT2D eigenvalue weighted by Crippen LogP contribution is -2.36. The van der Waals surface area contributed by atoms with Crippen LogP contribution in [0.25, 0.3) is 0 Å². The Balaban J connectivity index is 1.46. The zero-order valence-electron chi connectivity index (χ0n) is 14.9. The topological polar surface area (TPSA) is 49.4 Å². The molecule has 1 saturated heterocycles. The van der Waals surface area contributed by atoms with E-state index in [9.17, 15) is 9.59 Å². The normalized spacial score (nSPS) is 19.4. The highest BCUT2D eigenvalue weighted by Gasteiger charge is 2.31. The van der Waals surface area contributed by atoms with Gasteiger partial charge in [0.15, 0.2) is 0 Å². The summed E-state index contributed by atoms with van der Waals surface area (Å²) in [6, 6.07) is 17.9. The number of nitrogens with one attached hydrogen (secondary N) is 1. The Bertz CT molecular complexity index is 799. The van der Waals surface area contributed by atoms with E-state index in [2.05, 4.69) is 17.4 Å². The van der Waals surface area contributed by atoms with Gasteiger partial charge in [-0.1, -0.05) is 36.4 Å². The van der Waals surface area contributed by atoms with Crippen LogP contribution in [0.2, 0.25) is 0 Å². The fourth-order valence-corrected chi connectivity index (χ4v) is 3.69. The lowest BCUT2D eigenvalue weighted by atomic mass is 10.0. The molecule has 2 aromatic rings. The quantitative estimate of drug-likeness (QED) is 0.891. The smallest absolute Gasteiger partial charge is 0.254 e. The number of carbonyl (C=O) groups is 2. The number of nitrogens with zero attached hydrogens (tertiary/aromatic N) is 1. The summed E-state index contributed by atoms with van der Waals surface area (Å²) >= 11 is 0. The monoisotopic (exact) mass is 348 g/mol. The second kappa shape index (κ2) is 7.32. The van der Waals surface area contributed by atoms with Crippen molar-refractivity contribution in [2.24, 2.45) is 5.92 Å². The molecule has 2 aliphatic rings. The third-order valence-electron chi connectivity index (χ3n) is 5.28. The first kappa shape index (κ1) is 16.8. The number of likely N-dealkylation sites (tertiary alicyclic amines) is 1. The summed E-state index contributed by atoms with van der Waals surface area (Å²) in [6.45, 7) is 0.801. The Labute approximate surface area is 154 Å². The van der Waals surface area contributed by atoms with E-state index in [0.717, 1.165) is 38.6 Å². The molecule has 0 bridgehead atoms. The van der Waals surface area contributed by atoms with Crippen molar-refractivity contribution in [1.29, 1.82) is 0 Å². The molecule has 2 fully saturated rings. The van der Waals surface area contributed by atoms with Crippen molar-refractivity contribution in [1.82, 2.24) is 4.90 Å². The average Bonchev–Trinajstić information content (AvgIpc) is 3.42. The molecule has 2 amide bonds. The highest BCUT2D eigenvalue weighted by molar-refractivity contribution is 5.98. The van der Waals surface area contributed by atoms with Gasteiger partial charge in [0, 0.05) is 29.8 Å². The molecule has 1 aliphatic heterocycles. The molecule has 1 atom stereocenters. The second-order valence-corrected chi connectivity index (χ2v) is 7.33. The summed E-state index contributed by atoms with van der Waals surface area (Å²) in [7, 11) is 0. The number of amides is 2. The van der Waals surface area contributed by atoms with Gasteiger partial charge < -0.3 is 10.2 Å². The molecule has 134 valence electrons. The number of rotatable bonds is 5. The van der Waals surface area contributed by atoms with Crippen LogP contribution in [0.4, 0.5) is 5.69 Å². The van der Waals surface area contributed by atoms with Crippen molar-refractivity contribution >= 4 is 17.5 Å². The van der Waals surface area contributed by atoms with Gasteiger partial charge in [-0.2, -0.15) is 0 Å². The van der Waals surface area contributed by atoms with Crippen LogP contribution in [0, 0.1) is 5.92 Å². The molecule has 4 heteroatoms. The minimum Gasteiger partial charge on any atom is -0.335 e. The summed E-state index contributed by atoms with van der Waals surface area (Å²) in [5.74, 6) is 0.284. The van der Waals surface area contributed by atoms with Crippen LogP contribution in [0.1, 0.15) is 41.6 Å². The summed E-state index contributed by atoms with van der Waals surface area (Å²) < 4.78 is 0. The van der Waals surface area contributed by atoms with Gasteiger partial charge in [0.25, 0.3) is 5.91 Å². The first-order valence-electron chi connectivity index (χ1n) is 9.46. The first-order valence-corrected chi connectivity index (χ1v) is 9.46. The fourth-order valence-electron chi connectivity index (χ4n) is 3.69. The lowest BCUT2D eigenvalue weighted by Gasteiger charge is -2.25. The Morgan fingerprint density at radius 2 is 1.81 bits per heavy atom. The summed E-state index contributed by atoms with van der Waals surface area (Å²) in [5.41, 5.74) is 2.63. The van der Waals surface area contributed by atoms with Gasteiger partial charge in [0.05, 0.1) is 0 Å². The highest BCUT2D eigenvalue weighted by Crippen LogP contribution is 2.30. The van der Waals surface area contributed by atoms with Gasteiger partial charge in [-0.05, 0) is 55.9 Å². The molecule has 1 aliphatic carbocycles. The van der Waals surface area contributed by atoms with Crippen LogP contribution in [-0.2, 0) is 11.2 Å². The Morgan fingerprint density at radius 3 is 2.58 bits per heavy atom. The predicted molar refractivity (Wildman–Crippen MR) is 102 cm³/mol. The molecule has 4 nitrogen and oxygen atoms in total. The first-order chi connectivity index (χ1) is 12.7. The molecule has 1 saturated carbocycles. The molecule has 0 radical (unpaired) electrons. The number of hydrogen-bond acceptors (Lipinski definition) is 2. The maximum absolute atomic E-state index is 13.0. The van der Waals surface area contributed by atoms with Crippen molar-refractivity contribution in [2.75, 3.05) is 11.9 Å². The van der Waals surface area contributed by atoms with Gasteiger partial charge in [0.1, 0.15) is 0 Å². The van der Waals surface area contributed by atoms with Crippen LogP contribution < -0.4 is 5.32 Å². The Hall–Kier alpha value is -2.62. The average molecular weight is 348 g/mol. The molecule has 26 heavy (non-hydrogen) atoms. The zero-order valence-corrected chi connectivity index (χ0v) is 14.9. The van der Waals surface area contributed by atoms with E-state index < -0.39 is 0 Å². The molecule has 1 unspecified atom stereocenters. The van der Waals surface area contributed by atoms with E-state index in [0.29, 0.717) is 11.3 Å². The van der Waals surface area contributed by atoms with Crippen molar-refractivity contribution in [3.05, 3.63) is 65.7 Å². The third kappa shape index (κ3) is 3.79. The second-order valence-electron chi connectivity index (χ2n) is 7.33. The van der Waals surface area contributed by atoms with E-state index in [4.69, 9.17) is 0 Å². The molecule has 1 N–H and O–H groups in total. The van der Waals surface area contributed by atoms with Crippen molar-refractivity contribution in [3.8, 4) is 0 Å². The Morgan fingerprint density at radius 1 is 1.00 bits per heavy atom. The SMILES string of the molecule is O=C(Nc1cccc(C(=O)N2CCCC2Cc2ccccc2)c1)C1CC1. The van der Waals surface area contributed by atoms with E-state index >= 15 is 0 Å². The van der Waals surface area contributed by atoms with E-state index in [1.807, 2.05) is 41.3 Å². The van der Waals surface area contributed by atoms with Crippen LogP contribution in [0.15, 0.2) is 54.6 Å². The zero-order chi connectivity index (χ0) is 17.9. The summed E-state index contributed by atoms with van der Waals surface area (Å²) in [5, 5.41) is 2.93. The van der Waals surface area contributed by atoms with Gasteiger partial charge in [-0.15, -0.1) is 0 Å². The number of anilines is 1. The van der Waals surface area contributed by atoms with E-state index in [1.165, 1.54) is 5.56 Å². The minimum atomic E-state index is 0.0611. The maximum Gasteiger partial charge on any atom is 0.254 e. The van der Waals surface area contributed by atoms with Crippen molar-refractivity contribution in [2.45, 2.75) is 38.1 Å². The van der Waals surface area contributed by atoms with E-state index in [-0.39, 0.29) is 23.8 Å². The summed E-state index contributed by atoms with van der Waals surface area (Å²) in [6.07, 6.45) is 4.92.